The molecular formula is C10H14N2O3. The van der Waals surface area contributed by atoms with Gasteiger partial charge in [0.25, 0.3) is 5.91 Å². The van der Waals surface area contributed by atoms with Crippen molar-refractivity contribution in [3.63, 3.8) is 0 Å². The molecule has 1 amide bonds. The van der Waals surface area contributed by atoms with E-state index in [-0.39, 0.29) is 18.1 Å². The maximum Gasteiger partial charge on any atom is 0.254 e. The van der Waals surface area contributed by atoms with Gasteiger partial charge in [0.15, 0.2) is 0 Å². The zero-order valence-corrected chi connectivity index (χ0v) is 8.53. The molecule has 0 bridgehead atoms. The summed E-state index contributed by atoms with van der Waals surface area (Å²) in [5.74, 6) is -0.125. The van der Waals surface area contributed by atoms with Crippen molar-refractivity contribution < 1.29 is 13.9 Å². The average molecular weight is 210 g/mol. The first-order valence-corrected chi connectivity index (χ1v) is 4.88. The van der Waals surface area contributed by atoms with Crippen LogP contribution in [0.3, 0.4) is 0 Å². The Hall–Kier alpha value is -1.33. The van der Waals surface area contributed by atoms with Gasteiger partial charge in [0, 0.05) is 20.2 Å². The SMILES string of the molecule is COC1CNCC1NC(=O)c1ccoc1. The number of nitrogens with one attached hydrogen (secondary N) is 2. The van der Waals surface area contributed by atoms with Crippen LogP contribution in [0.25, 0.3) is 0 Å². The fourth-order valence-electron chi connectivity index (χ4n) is 1.69. The first-order valence-electron chi connectivity index (χ1n) is 4.88. The quantitative estimate of drug-likeness (QED) is 0.737. The summed E-state index contributed by atoms with van der Waals surface area (Å²) in [4.78, 5) is 11.7. The second kappa shape index (κ2) is 4.46. The summed E-state index contributed by atoms with van der Waals surface area (Å²) >= 11 is 0. The van der Waals surface area contributed by atoms with Crippen molar-refractivity contribution in [2.75, 3.05) is 20.2 Å². The number of carbonyl (C=O) groups is 1. The van der Waals surface area contributed by atoms with Gasteiger partial charge in [-0.25, -0.2) is 0 Å². The monoisotopic (exact) mass is 210 g/mol. The molecule has 5 nitrogen and oxygen atoms in total. The van der Waals surface area contributed by atoms with Crippen LogP contribution in [-0.2, 0) is 4.74 Å². The predicted molar refractivity (Wildman–Crippen MR) is 53.6 cm³/mol. The Morgan fingerprint density at radius 3 is 3.20 bits per heavy atom. The molecule has 0 aliphatic carbocycles. The highest BCUT2D eigenvalue weighted by Crippen LogP contribution is 2.06. The number of carbonyl (C=O) groups excluding carboxylic acids is 1. The Kier molecular flexibility index (Phi) is 3.03. The molecule has 2 atom stereocenters. The second-order valence-corrected chi connectivity index (χ2v) is 3.52. The summed E-state index contributed by atoms with van der Waals surface area (Å²) < 4.78 is 10.1. The molecule has 2 rings (SSSR count). The summed E-state index contributed by atoms with van der Waals surface area (Å²) in [5.41, 5.74) is 0.539. The first-order chi connectivity index (χ1) is 7.31. The lowest BCUT2D eigenvalue weighted by molar-refractivity contribution is 0.0779. The summed E-state index contributed by atoms with van der Waals surface area (Å²) in [5, 5.41) is 6.06. The summed E-state index contributed by atoms with van der Waals surface area (Å²) in [7, 11) is 1.65. The zero-order chi connectivity index (χ0) is 10.7. The molecule has 0 radical (unpaired) electrons. The number of hydrogen-bond acceptors (Lipinski definition) is 4. The minimum Gasteiger partial charge on any atom is -0.472 e. The van der Waals surface area contributed by atoms with E-state index in [0.29, 0.717) is 5.56 Å². The number of hydrogen-bond donors (Lipinski definition) is 2. The van der Waals surface area contributed by atoms with E-state index in [1.165, 1.54) is 12.5 Å². The van der Waals surface area contributed by atoms with Gasteiger partial charge in [-0.3, -0.25) is 4.79 Å². The van der Waals surface area contributed by atoms with Crippen LogP contribution in [0, 0.1) is 0 Å². The fourth-order valence-corrected chi connectivity index (χ4v) is 1.69. The molecule has 1 aliphatic rings. The third-order valence-electron chi connectivity index (χ3n) is 2.56. The lowest BCUT2D eigenvalue weighted by atomic mass is 10.2. The molecule has 0 saturated carbocycles. The minimum atomic E-state index is -0.125. The van der Waals surface area contributed by atoms with Gasteiger partial charge >= 0.3 is 0 Å². The standard InChI is InChI=1S/C10H14N2O3/c1-14-9-5-11-4-8(9)12-10(13)7-2-3-15-6-7/h2-3,6,8-9,11H,4-5H2,1H3,(H,12,13). The summed E-state index contributed by atoms with van der Waals surface area (Å²) in [6.07, 6.45) is 2.95. The Bertz CT molecular complexity index is 323. The molecule has 1 aromatic heterocycles. The van der Waals surface area contributed by atoms with Gasteiger partial charge < -0.3 is 19.8 Å². The predicted octanol–water partition coefficient (Wildman–Crippen LogP) is -0.00380. The number of furan rings is 1. The molecule has 0 aromatic carbocycles. The number of ether oxygens (including phenoxy) is 1. The maximum atomic E-state index is 11.7. The Labute approximate surface area is 87.8 Å². The van der Waals surface area contributed by atoms with Crippen LogP contribution < -0.4 is 10.6 Å². The van der Waals surface area contributed by atoms with Crippen molar-refractivity contribution in [2.45, 2.75) is 12.1 Å². The maximum absolute atomic E-state index is 11.7. The van der Waals surface area contributed by atoms with Crippen LogP contribution in [-0.4, -0.2) is 38.3 Å². The molecule has 1 aliphatic heterocycles. The zero-order valence-electron chi connectivity index (χ0n) is 8.53. The van der Waals surface area contributed by atoms with Crippen LogP contribution >= 0.6 is 0 Å². The van der Waals surface area contributed by atoms with Crippen LogP contribution in [0.5, 0.6) is 0 Å². The summed E-state index contributed by atoms with van der Waals surface area (Å²) in [6, 6.07) is 1.66. The van der Waals surface area contributed by atoms with Gasteiger partial charge in [-0.2, -0.15) is 0 Å². The van der Waals surface area contributed by atoms with E-state index in [0.717, 1.165) is 13.1 Å². The van der Waals surface area contributed by atoms with E-state index in [1.807, 2.05) is 0 Å². The molecule has 1 aromatic rings. The Morgan fingerprint density at radius 2 is 2.53 bits per heavy atom. The smallest absolute Gasteiger partial charge is 0.254 e. The Balaban J connectivity index is 1.94. The van der Waals surface area contributed by atoms with Gasteiger partial charge in [-0.15, -0.1) is 0 Å². The van der Waals surface area contributed by atoms with E-state index >= 15 is 0 Å². The third-order valence-corrected chi connectivity index (χ3v) is 2.56. The highest BCUT2D eigenvalue weighted by Gasteiger charge is 2.28. The molecule has 1 saturated heterocycles. The fraction of sp³-hybridized carbons (Fsp3) is 0.500. The van der Waals surface area contributed by atoms with E-state index < -0.39 is 0 Å². The molecule has 2 unspecified atom stereocenters. The Morgan fingerprint density at radius 1 is 1.67 bits per heavy atom. The van der Waals surface area contributed by atoms with Gasteiger partial charge in [0.1, 0.15) is 6.26 Å². The second-order valence-electron chi connectivity index (χ2n) is 3.52. The van der Waals surface area contributed by atoms with Crippen molar-refractivity contribution in [3.05, 3.63) is 24.2 Å². The van der Waals surface area contributed by atoms with Crippen molar-refractivity contribution >= 4 is 5.91 Å². The molecule has 0 spiro atoms. The van der Waals surface area contributed by atoms with Gasteiger partial charge in [0.05, 0.1) is 24.0 Å². The van der Waals surface area contributed by atoms with E-state index in [2.05, 4.69) is 10.6 Å². The van der Waals surface area contributed by atoms with Crippen molar-refractivity contribution in [1.29, 1.82) is 0 Å². The van der Waals surface area contributed by atoms with Crippen molar-refractivity contribution in [2.24, 2.45) is 0 Å². The van der Waals surface area contributed by atoms with Crippen LogP contribution in [0.2, 0.25) is 0 Å². The van der Waals surface area contributed by atoms with E-state index in [1.54, 1.807) is 13.2 Å². The molecular weight excluding hydrogens is 196 g/mol. The molecule has 1 fully saturated rings. The van der Waals surface area contributed by atoms with Crippen LogP contribution in [0.15, 0.2) is 23.0 Å². The highest BCUT2D eigenvalue weighted by atomic mass is 16.5. The highest BCUT2D eigenvalue weighted by molar-refractivity contribution is 5.94. The van der Waals surface area contributed by atoms with Gasteiger partial charge in [-0.05, 0) is 6.07 Å². The normalized spacial score (nSPS) is 25.4. The summed E-state index contributed by atoms with van der Waals surface area (Å²) in [6.45, 7) is 1.51. The van der Waals surface area contributed by atoms with E-state index in [9.17, 15) is 4.79 Å². The lowest BCUT2D eigenvalue weighted by Crippen LogP contribution is -2.43. The molecule has 5 heteroatoms. The molecule has 15 heavy (non-hydrogen) atoms. The van der Waals surface area contributed by atoms with Gasteiger partial charge in [0.2, 0.25) is 0 Å². The number of rotatable bonds is 3. The van der Waals surface area contributed by atoms with Crippen LogP contribution in [0.4, 0.5) is 0 Å². The van der Waals surface area contributed by atoms with E-state index in [4.69, 9.17) is 9.15 Å². The average Bonchev–Trinajstić information content (AvgIpc) is 2.87. The van der Waals surface area contributed by atoms with Crippen molar-refractivity contribution in [3.8, 4) is 0 Å². The van der Waals surface area contributed by atoms with Crippen LogP contribution in [0.1, 0.15) is 10.4 Å². The topological polar surface area (TPSA) is 63.5 Å². The number of amides is 1. The van der Waals surface area contributed by atoms with Crippen molar-refractivity contribution in [1.82, 2.24) is 10.6 Å². The molecule has 2 N–H and O–H groups in total. The largest absolute Gasteiger partial charge is 0.472 e. The number of methoxy groups -OCH3 is 1. The van der Waals surface area contributed by atoms with Gasteiger partial charge in [-0.1, -0.05) is 0 Å². The first kappa shape index (κ1) is 10.2. The molecule has 82 valence electrons. The minimum absolute atomic E-state index is 0.0254. The molecule has 2 heterocycles. The third kappa shape index (κ3) is 2.19. The lowest BCUT2D eigenvalue weighted by Gasteiger charge is -2.17.